The molecule has 0 spiro atoms. The summed E-state index contributed by atoms with van der Waals surface area (Å²) in [6.45, 7) is 9.54. The van der Waals surface area contributed by atoms with Crippen LogP contribution in [0.15, 0.2) is 48.7 Å². The Bertz CT molecular complexity index is 755. The Kier molecular flexibility index (Phi) is 4.25. The van der Waals surface area contributed by atoms with Crippen molar-refractivity contribution in [3.05, 3.63) is 59.9 Å². The molecule has 0 unspecified atom stereocenters. The molecule has 0 bridgehead atoms. The summed E-state index contributed by atoms with van der Waals surface area (Å²) in [6, 6.07) is 14.8. The van der Waals surface area contributed by atoms with E-state index in [-0.39, 0.29) is 0 Å². The van der Waals surface area contributed by atoms with Gasteiger partial charge in [-0.15, -0.1) is 0 Å². The van der Waals surface area contributed by atoms with Gasteiger partial charge in [0.2, 0.25) is 0 Å². The van der Waals surface area contributed by atoms with Crippen molar-refractivity contribution in [1.29, 1.82) is 0 Å². The maximum Gasteiger partial charge on any atom is 0.137 e. The van der Waals surface area contributed by atoms with E-state index in [1.807, 2.05) is 6.07 Å². The van der Waals surface area contributed by atoms with E-state index in [9.17, 15) is 0 Å². The van der Waals surface area contributed by atoms with E-state index in [0.29, 0.717) is 0 Å². The number of aryl methyl sites for hydroxylation is 1. The van der Waals surface area contributed by atoms with Gasteiger partial charge in [0.1, 0.15) is 5.65 Å². The fraction of sp³-hybridized carbons (Fsp3) is 0.316. The number of aromatic nitrogens is 2. The Morgan fingerprint density at radius 3 is 2.45 bits per heavy atom. The molecule has 0 fully saturated rings. The van der Waals surface area contributed by atoms with E-state index < -0.39 is 0 Å². The zero-order valence-electron chi connectivity index (χ0n) is 13.6. The van der Waals surface area contributed by atoms with Crippen LogP contribution in [0, 0.1) is 6.92 Å². The van der Waals surface area contributed by atoms with E-state index in [4.69, 9.17) is 4.98 Å². The first-order valence-corrected chi connectivity index (χ1v) is 7.98. The topological polar surface area (TPSA) is 20.5 Å². The summed E-state index contributed by atoms with van der Waals surface area (Å²) in [7, 11) is 0. The van der Waals surface area contributed by atoms with E-state index in [1.165, 1.54) is 16.8 Å². The highest BCUT2D eigenvalue weighted by Gasteiger charge is 2.15. The van der Waals surface area contributed by atoms with E-state index in [0.717, 1.165) is 31.0 Å². The predicted molar refractivity (Wildman–Crippen MR) is 92.0 cm³/mol. The minimum atomic E-state index is 0.918. The van der Waals surface area contributed by atoms with E-state index in [1.54, 1.807) is 0 Å². The molecule has 3 rings (SSSR count). The second-order valence-corrected chi connectivity index (χ2v) is 5.67. The summed E-state index contributed by atoms with van der Waals surface area (Å²) in [4.78, 5) is 7.33. The molecule has 0 atom stereocenters. The molecule has 0 saturated heterocycles. The molecular weight excluding hydrogens is 270 g/mol. The van der Waals surface area contributed by atoms with Gasteiger partial charge < -0.3 is 4.40 Å². The second-order valence-electron chi connectivity index (χ2n) is 5.67. The minimum absolute atomic E-state index is 0.918. The average Bonchev–Trinajstić information content (AvgIpc) is 2.90. The van der Waals surface area contributed by atoms with E-state index in [2.05, 4.69) is 72.7 Å². The number of fused-ring (bicyclic) bond motifs is 1. The highest BCUT2D eigenvalue weighted by molar-refractivity contribution is 5.66. The standard InChI is InChI=1S/C19H23N3/c1-4-21(5-2)14-17-19(16-9-7-6-8-10-16)20-18-13-15(3)11-12-22(17)18/h6-13H,4-5,14H2,1-3H3. The van der Waals surface area contributed by atoms with Crippen LogP contribution in [0.25, 0.3) is 16.9 Å². The molecule has 114 valence electrons. The van der Waals surface area contributed by atoms with Gasteiger partial charge in [0.25, 0.3) is 0 Å². The van der Waals surface area contributed by atoms with Gasteiger partial charge in [-0.25, -0.2) is 4.98 Å². The predicted octanol–water partition coefficient (Wildman–Crippen LogP) is 4.15. The van der Waals surface area contributed by atoms with Gasteiger partial charge in [-0.1, -0.05) is 44.2 Å². The van der Waals surface area contributed by atoms with Gasteiger partial charge in [-0.05, 0) is 37.7 Å². The zero-order chi connectivity index (χ0) is 15.5. The Balaban J connectivity index is 2.17. The maximum atomic E-state index is 4.90. The lowest BCUT2D eigenvalue weighted by atomic mass is 10.1. The number of hydrogen-bond donors (Lipinski definition) is 0. The third-order valence-electron chi connectivity index (χ3n) is 4.20. The molecule has 0 aliphatic heterocycles. The van der Waals surface area contributed by atoms with Crippen LogP contribution in [-0.4, -0.2) is 27.4 Å². The van der Waals surface area contributed by atoms with Crippen molar-refractivity contribution in [2.75, 3.05) is 13.1 Å². The average molecular weight is 293 g/mol. The number of rotatable bonds is 5. The number of nitrogens with zero attached hydrogens (tertiary/aromatic N) is 3. The van der Waals surface area contributed by atoms with Crippen molar-refractivity contribution in [1.82, 2.24) is 14.3 Å². The number of imidazole rings is 1. The summed E-state index contributed by atoms with van der Waals surface area (Å²) in [5.41, 5.74) is 5.82. The number of pyridine rings is 1. The van der Waals surface area contributed by atoms with Crippen LogP contribution < -0.4 is 0 Å². The lowest BCUT2D eigenvalue weighted by Crippen LogP contribution is -2.23. The quantitative estimate of drug-likeness (QED) is 0.704. The maximum absolute atomic E-state index is 4.90. The Hall–Kier alpha value is -2.13. The van der Waals surface area contributed by atoms with Gasteiger partial charge in [0.05, 0.1) is 11.4 Å². The van der Waals surface area contributed by atoms with Crippen LogP contribution in [0.1, 0.15) is 25.1 Å². The van der Waals surface area contributed by atoms with Crippen LogP contribution in [0.4, 0.5) is 0 Å². The van der Waals surface area contributed by atoms with Gasteiger partial charge in [-0.3, -0.25) is 4.90 Å². The molecule has 3 aromatic rings. The molecule has 0 aliphatic carbocycles. The normalized spacial score (nSPS) is 11.5. The summed E-state index contributed by atoms with van der Waals surface area (Å²) in [5, 5.41) is 0. The summed E-state index contributed by atoms with van der Waals surface area (Å²) >= 11 is 0. The van der Waals surface area contributed by atoms with Crippen LogP contribution in [0.2, 0.25) is 0 Å². The van der Waals surface area contributed by atoms with Crippen molar-refractivity contribution in [2.24, 2.45) is 0 Å². The monoisotopic (exact) mass is 293 g/mol. The molecule has 0 saturated carbocycles. The fourth-order valence-corrected chi connectivity index (χ4v) is 2.83. The van der Waals surface area contributed by atoms with Crippen molar-refractivity contribution in [3.8, 4) is 11.3 Å². The highest BCUT2D eigenvalue weighted by atomic mass is 15.1. The number of hydrogen-bond acceptors (Lipinski definition) is 2. The summed E-state index contributed by atoms with van der Waals surface area (Å²) in [5.74, 6) is 0. The summed E-state index contributed by atoms with van der Waals surface area (Å²) < 4.78 is 2.23. The molecule has 0 aliphatic rings. The molecule has 3 heteroatoms. The van der Waals surface area contributed by atoms with Crippen LogP contribution >= 0.6 is 0 Å². The molecule has 2 heterocycles. The van der Waals surface area contributed by atoms with Gasteiger partial charge in [-0.2, -0.15) is 0 Å². The second kappa shape index (κ2) is 6.32. The van der Waals surface area contributed by atoms with Crippen molar-refractivity contribution >= 4 is 5.65 Å². The van der Waals surface area contributed by atoms with Crippen molar-refractivity contribution in [2.45, 2.75) is 27.3 Å². The number of benzene rings is 1. The van der Waals surface area contributed by atoms with Crippen LogP contribution in [-0.2, 0) is 6.54 Å². The molecule has 3 nitrogen and oxygen atoms in total. The van der Waals surface area contributed by atoms with Gasteiger partial charge in [0, 0.05) is 18.3 Å². The largest absolute Gasteiger partial charge is 0.302 e. The molecule has 0 N–H and O–H groups in total. The highest BCUT2D eigenvalue weighted by Crippen LogP contribution is 2.26. The van der Waals surface area contributed by atoms with Crippen LogP contribution in [0.3, 0.4) is 0 Å². The minimum Gasteiger partial charge on any atom is -0.302 e. The Labute approximate surface area is 132 Å². The van der Waals surface area contributed by atoms with Crippen LogP contribution in [0.5, 0.6) is 0 Å². The lowest BCUT2D eigenvalue weighted by Gasteiger charge is -2.18. The Morgan fingerprint density at radius 1 is 1.05 bits per heavy atom. The summed E-state index contributed by atoms with van der Waals surface area (Å²) in [6.07, 6.45) is 2.14. The van der Waals surface area contributed by atoms with Gasteiger partial charge in [0.15, 0.2) is 0 Å². The van der Waals surface area contributed by atoms with Crippen molar-refractivity contribution < 1.29 is 0 Å². The van der Waals surface area contributed by atoms with E-state index >= 15 is 0 Å². The first-order valence-electron chi connectivity index (χ1n) is 7.98. The first-order chi connectivity index (χ1) is 10.7. The lowest BCUT2D eigenvalue weighted by molar-refractivity contribution is 0.292. The first kappa shape index (κ1) is 14.8. The molecule has 1 aromatic carbocycles. The van der Waals surface area contributed by atoms with Crippen molar-refractivity contribution in [3.63, 3.8) is 0 Å². The zero-order valence-corrected chi connectivity index (χ0v) is 13.6. The molecule has 0 radical (unpaired) electrons. The van der Waals surface area contributed by atoms with Gasteiger partial charge >= 0.3 is 0 Å². The molecular formula is C19H23N3. The third-order valence-corrected chi connectivity index (χ3v) is 4.20. The SMILES string of the molecule is CCN(CC)Cc1c(-c2ccccc2)nc2cc(C)ccn12. The fourth-order valence-electron chi connectivity index (χ4n) is 2.83. The molecule has 2 aromatic heterocycles. The molecule has 0 amide bonds. The Morgan fingerprint density at radius 2 is 1.77 bits per heavy atom. The molecule has 22 heavy (non-hydrogen) atoms. The smallest absolute Gasteiger partial charge is 0.137 e. The third kappa shape index (κ3) is 2.77.